The summed E-state index contributed by atoms with van der Waals surface area (Å²) in [5, 5.41) is 11.6. The molecule has 0 radical (unpaired) electrons. The number of fused-ring (bicyclic) bond motifs is 3. The maximum absolute atomic E-state index is 10.9. The molecule has 0 saturated carbocycles. The van der Waals surface area contributed by atoms with Gasteiger partial charge in [0.1, 0.15) is 5.75 Å². The van der Waals surface area contributed by atoms with Gasteiger partial charge in [-0.1, -0.05) is 17.4 Å². The van der Waals surface area contributed by atoms with E-state index in [2.05, 4.69) is 9.98 Å². The van der Waals surface area contributed by atoms with Crippen molar-refractivity contribution in [3.63, 3.8) is 0 Å². The number of hydrogen-bond acceptors (Lipinski definition) is 6. The minimum Gasteiger partial charge on any atom is -0.497 e. The largest absolute Gasteiger partial charge is 0.497 e. The number of aliphatic imine (C=N–C) groups is 1. The van der Waals surface area contributed by atoms with Crippen LogP contribution in [-0.4, -0.2) is 23.2 Å². The molecule has 1 aliphatic carbocycles. The number of non-ortho nitro benzene ring substituents is 1. The highest BCUT2D eigenvalue weighted by Crippen LogP contribution is 2.42. The fourth-order valence-corrected chi connectivity index (χ4v) is 3.92. The van der Waals surface area contributed by atoms with Crippen LogP contribution in [-0.2, 0) is 6.42 Å². The van der Waals surface area contributed by atoms with Gasteiger partial charge in [-0.05, 0) is 36.2 Å². The molecular weight excluding hydrogens is 350 g/mol. The number of nitro benzene ring substituents is 1. The first-order chi connectivity index (χ1) is 12.5. The van der Waals surface area contributed by atoms with Crippen LogP contribution in [0.1, 0.15) is 21.6 Å². The molecule has 7 heteroatoms. The molecule has 0 spiro atoms. The molecule has 0 unspecified atom stereocenters. The number of methoxy groups -OCH3 is 1. The molecule has 3 aromatic rings. The highest BCUT2D eigenvalue weighted by atomic mass is 32.1. The number of nitrogens with zero attached hydrogens (tertiary/aromatic N) is 3. The standard InChI is InChI=1S/C19H15N3O3S/c1-11-3-4-14(22(23)24)7-13(11)10-20-19-21-18-16-6-5-15(25-2)8-12(16)9-17(18)26-19/h3-8,10H,9H2,1-2H3. The second-order valence-electron chi connectivity index (χ2n) is 6.02. The topological polar surface area (TPSA) is 77.6 Å². The van der Waals surface area contributed by atoms with Gasteiger partial charge in [-0.15, -0.1) is 0 Å². The van der Waals surface area contributed by atoms with E-state index in [1.807, 2.05) is 25.1 Å². The second kappa shape index (κ2) is 6.34. The number of aryl methyl sites for hydroxylation is 1. The fraction of sp³-hybridized carbons (Fsp3) is 0.158. The number of benzene rings is 2. The molecule has 0 bridgehead atoms. The predicted octanol–water partition coefficient (Wildman–Crippen LogP) is 4.69. The molecule has 0 N–H and O–H groups in total. The van der Waals surface area contributed by atoms with Gasteiger partial charge in [0.05, 0.1) is 17.7 Å². The Hall–Kier alpha value is -3.06. The Morgan fingerprint density at radius 1 is 1.31 bits per heavy atom. The first-order valence-electron chi connectivity index (χ1n) is 8.01. The van der Waals surface area contributed by atoms with Crippen LogP contribution in [0.25, 0.3) is 11.3 Å². The van der Waals surface area contributed by atoms with Crippen molar-refractivity contribution in [1.29, 1.82) is 0 Å². The van der Waals surface area contributed by atoms with Crippen LogP contribution in [0.2, 0.25) is 0 Å². The first-order valence-corrected chi connectivity index (χ1v) is 8.83. The van der Waals surface area contributed by atoms with E-state index >= 15 is 0 Å². The molecule has 0 saturated heterocycles. The SMILES string of the molecule is COc1ccc2c(c1)Cc1sc(N=Cc3cc([N+](=O)[O-])ccc3C)nc1-2. The van der Waals surface area contributed by atoms with Crippen molar-refractivity contribution in [2.75, 3.05) is 7.11 Å². The Balaban J connectivity index is 1.63. The van der Waals surface area contributed by atoms with Gasteiger partial charge in [0, 0.05) is 40.8 Å². The van der Waals surface area contributed by atoms with Crippen molar-refractivity contribution >= 4 is 28.4 Å². The molecular formula is C19H15N3O3S. The van der Waals surface area contributed by atoms with E-state index in [1.165, 1.54) is 22.6 Å². The summed E-state index contributed by atoms with van der Waals surface area (Å²) in [4.78, 5) is 20.8. The Bertz CT molecular complexity index is 1060. The van der Waals surface area contributed by atoms with E-state index < -0.39 is 4.92 Å². The molecule has 0 fully saturated rings. The summed E-state index contributed by atoms with van der Waals surface area (Å²) in [6.45, 7) is 1.90. The average molecular weight is 365 g/mol. The van der Waals surface area contributed by atoms with Gasteiger partial charge in [0.2, 0.25) is 5.13 Å². The predicted molar refractivity (Wildman–Crippen MR) is 102 cm³/mol. The number of hydrogen-bond donors (Lipinski definition) is 0. The van der Waals surface area contributed by atoms with E-state index in [0.29, 0.717) is 5.13 Å². The maximum atomic E-state index is 10.9. The normalized spacial score (nSPS) is 12.2. The van der Waals surface area contributed by atoms with Crippen molar-refractivity contribution < 1.29 is 9.66 Å². The third-order valence-electron chi connectivity index (χ3n) is 4.39. The number of nitro groups is 1. The van der Waals surface area contributed by atoms with Gasteiger partial charge < -0.3 is 4.74 Å². The van der Waals surface area contributed by atoms with Crippen molar-refractivity contribution in [3.8, 4) is 17.0 Å². The van der Waals surface area contributed by atoms with Crippen molar-refractivity contribution in [2.24, 2.45) is 4.99 Å². The van der Waals surface area contributed by atoms with Crippen LogP contribution in [0.3, 0.4) is 0 Å². The molecule has 0 atom stereocenters. The van der Waals surface area contributed by atoms with Crippen LogP contribution < -0.4 is 4.74 Å². The van der Waals surface area contributed by atoms with Gasteiger partial charge in [-0.3, -0.25) is 10.1 Å². The van der Waals surface area contributed by atoms with Gasteiger partial charge in [-0.25, -0.2) is 9.98 Å². The summed E-state index contributed by atoms with van der Waals surface area (Å²) in [6.07, 6.45) is 2.47. The summed E-state index contributed by atoms with van der Waals surface area (Å²) in [6, 6.07) is 10.8. The van der Waals surface area contributed by atoms with Gasteiger partial charge in [0.15, 0.2) is 0 Å². The third-order valence-corrected chi connectivity index (χ3v) is 5.36. The zero-order valence-electron chi connectivity index (χ0n) is 14.2. The van der Waals surface area contributed by atoms with E-state index in [1.54, 1.807) is 30.7 Å². The zero-order valence-corrected chi connectivity index (χ0v) is 15.0. The molecule has 1 aromatic heterocycles. The molecule has 2 aromatic carbocycles. The molecule has 0 amide bonds. The molecule has 130 valence electrons. The van der Waals surface area contributed by atoms with E-state index in [4.69, 9.17) is 4.74 Å². The number of thiazole rings is 1. The summed E-state index contributed by atoms with van der Waals surface area (Å²) in [7, 11) is 1.66. The van der Waals surface area contributed by atoms with Crippen LogP contribution in [0.4, 0.5) is 10.8 Å². The molecule has 4 rings (SSSR count). The lowest BCUT2D eigenvalue weighted by Crippen LogP contribution is -1.92. The van der Waals surface area contributed by atoms with Crippen LogP contribution >= 0.6 is 11.3 Å². The number of ether oxygens (including phenoxy) is 1. The van der Waals surface area contributed by atoms with Crippen LogP contribution in [0, 0.1) is 17.0 Å². The van der Waals surface area contributed by atoms with Gasteiger partial charge in [-0.2, -0.15) is 0 Å². The van der Waals surface area contributed by atoms with Crippen molar-refractivity contribution in [1.82, 2.24) is 4.98 Å². The number of rotatable bonds is 4. The van der Waals surface area contributed by atoms with Crippen molar-refractivity contribution in [3.05, 3.63) is 68.1 Å². The lowest BCUT2D eigenvalue weighted by Gasteiger charge is -2.03. The number of aromatic nitrogens is 1. The monoisotopic (exact) mass is 365 g/mol. The van der Waals surface area contributed by atoms with E-state index in [-0.39, 0.29) is 5.69 Å². The highest BCUT2D eigenvalue weighted by molar-refractivity contribution is 7.15. The highest BCUT2D eigenvalue weighted by Gasteiger charge is 2.23. The van der Waals surface area contributed by atoms with E-state index in [9.17, 15) is 10.1 Å². The summed E-state index contributed by atoms with van der Waals surface area (Å²) in [5.41, 5.74) is 5.01. The lowest BCUT2D eigenvalue weighted by atomic mass is 10.1. The maximum Gasteiger partial charge on any atom is 0.270 e. The smallest absolute Gasteiger partial charge is 0.270 e. The molecule has 6 nitrogen and oxygen atoms in total. The molecule has 0 aliphatic heterocycles. The summed E-state index contributed by atoms with van der Waals surface area (Å²) < 4.78 is 5.28. The minimum absolute atomic E-state index is 0.0570. The Morgan fingerprint density at radius 3 is 2.92 bits per heavy atom. The Kier molecular flexibility index (Phi) is 4.00. The second-order valence-corrected chi connectivity index (χ2v) is 7.09. The summed E-state index contributed by atoms with van der Waals surface area (Å²) >= 11 is 1.54. The van der Waals surface area contributed by atoms with Crippen molar-refractivity contribution in [2.45, 2.75) is 13.3 Å². The average Bonchev–Trinajstić information content (AvgIpc) is 3.17. The quantitative estimate of drug-likeness (QED) is 0.299. The molecule has 26 heavy (non-hydrogen) atoms. The third kappa shape index (κ3) is 2.86. The van der Waals surface area contributed by atoms with E-state index in [0.717, 1.165) is 34.6 Å². The lowest BCUT2D eigenvalue weighted by molar-refractivity contribution is -0.384. The molecule has 1 heterocycles. The summed E-state index contributed by atoms with van der Waals surface area (Å²) in [5.74, 6) is 0.846. The van der Waals surface area contributed by atoms with Crippen LogP contribution in [0.15, 0.2) is 41.4 Å². The minimum atomic E-state index is -0.403. The fourth-order valence-electron chi connectivity index (χ4n) is 2.98. The zero-order chi connectivity index (χ0) is 18.3. The Labute approximate surface area is 154 Å². The van der Waals surface area contributed by atoms with Crippen LogP contribution in [0.5, 0.6) is 5.75 Å². The Morgan fingerprint density at radius 2 is 2.15 bits per heavy atom. The van der Waals surface area contributed by atoms with Gasteiger partial charge in [0.25, 0.3) is 5.69 Å². The molecule has 1 aliphatic rings. The first kappa shape index (κ1) is 16.4. The van der Waals surface area contributed by atoms with Gasteiger partial charge >= 0.3 is 0 Å².